The van der Waals surface area contributed by atoms with Crippen molar-refractivity contribution in [2.24, 2.45) is 11.8 Å². The molecule has 2 heteroatoms. The van der Waals surface area contributed by atoms with Gasteiger partial charge in [0, 0.05) is 18.3 Å². The number of nitriles is 1. The third-order valence-corrected chi connectivity index (χ3v) is 2.62. The SMILES string of the molecule is CCC(CC)C(=O)C(CC)CC#N. The van der Waals surface area contributed by atoms with Crippen LogP contribution in [-0.4, -0.2) is 5.78 Å². The van der Waals surface area contributed by atoms with Crippen LogP contribution in [0.2, 0.25) is 0 Å². The zero-order valence-electron chi connectivity index (χ0n) is 8.84. The average molecular weight is 181 g/mol. The fourth-order valence-electron chi connectivity index (χ4n) is 1.58. The second-order valence-electron chi connectivity index (χ2n) is 3.38. The fraction of sp³-hybridized carbons (Fsp3) is 0.818. The van der Waals surface area contributed by atoms with Gasteiger partial charge >= 0.3 is 0 Å². The maximum Gasteiger partial charge on any atom is 0.140 e. The molecule has 0 spiro atoms. The maximum absolute atomic E-state index is 11.8. The topological polar surface area (TPSA) is 40.9 Å². The molecule has 0 saturated carbocycles. The lowest BCUT2D eigenvalue weighted by Gasteiger charge is -2.16. The summed E-state index contributed by atoms with van der Waals surface area (Å²) in [6.45, 7) is 6.04. The molecule has 0 radical (unpaired) electrons. The van der Waals surface area contributed by atoms with Gasteiger partial charge in [0.15, 0.2) is 0 Å². The number of nitrogens with zero attached hydrogens (tertiary/aromatic N) is 1. The summed E-state index contributed by atoms with van der Waals surface area (Å²) < 4.78 is 0. The second-order valence-corrected chi connectivity index (χ2v) is 3.38. The molecular weight excluding hydrogens is 162 g/mol. The van der Waals surface area contributed by atoms with E-state index in [2.05, 4.69) is 6.07 Å². The molecule has 0 aliphatic carbocycles. The number of carbonyl (C=O) groups excluding carboxylic acids is 1. The van der Waals surface area contributed by atoms with Gasteiger partial charge in [0.25, 0.3) is 0 Å². The first kappa shape index (κ1) is 12.2. The highest BCUT2D eigenvalue weighted by Gasteiger charge is 2.22. The molecule has 0 aromatic carbocycles. The van der Waals surface area contributed by atoms with Crippen LogP contribution in [0.1, 0.15) is 46.5 Å². The number of Topliss-reactive ketones (excluding diaryl/α,β-unsaturated/α-hetero) is 1. The Kier molecular flexibility index (Phi) is 6.22. The van der Waals surface area contributed by atoms with Crippen molar-refractivity contribution in [1.29, 1.82) is 5.26 Å². The normalized spacial score (nSPS) is 12.5. The van der Waals surface area contributed by atoms with Crippen molar-refractivity contribution in [2.45, 2.75) is 46.5 Å². The maximum atomic E-state index is 11.8. The monoisotopic (exact) mass is 181 g/mol. The first-order chi connectivity index (χ1) is 6.21. The molecule has 0 N–H and O–H groups in total. The Bertz CT molecular complexity index is 189. The van der Waals surface area contributed by atoms with Crippen molar-refractivity contribution in [3.05, 3.63) is 0 Å². The van der Waals surface area contributed by atoms with E-state index in [1.165, 1.54) is 0 Å². The predicted octanol–water partition coefficient (Wildman–Crippen LogP) is 2.93. The summed E-state index contributed by atoms with van der Waals surface area (Å²) in [4.78, 5) is 11.8. The van der Waals surface area contributed by atoms with Crippen molar-refractivity contribution < 1.29 is 4.79 Å². The van der Waals surface area contributed by atoms with Gasteiger partial charge in [-0.15, -0.1) is 0 Å². The highest BCUT2D eigenvalue weighted by atomic mass is 16.1. The third-order valence-electron chi connectivity index (χ3n) is 2.62. The molecular formula is C11H19NO. The molecule has 0 saturated heterocycles. The van der Waals surface area contributed by atoms with Crippen LogP contribution < -0.4 is 0 Å². The van der Waals surface area contributed by atoms with Crippen LogP contribution in [0, 0.1) is 23.2 Å². The Morgan fingerprint density at radius 1 is 1.15 bits per heavy atom. The zero-order valence-corrected chi connectivity index (χ0v) is 8.84. The zero-order chi connectivity index (χ0) is 10.3. The molecule has 74 valence electrons. The van der Waals surface area contributed by atoms with Gasteiger partial charge in [-0.2, -0.15) is 5.26 Å². The second kappa shape index (κ2) is 6.65. The van der Waals surface area contributed by atoms with Gasteiger partial charge in [-0.05, 0) is 19.3 Å². The van der Waals surface area contributed by atoms with E-state index in [4.69, 9.17) is 5.26 Å². The van der Waals surface area contributed by atoms with Crippen molar-refractivity contribution in [1.82, 2.24) is 0 Å². The first-order valence-electron chi connectivity index (χ1n) is 5.11. The number of hydrogen-bond donors (Lipinski definition) is 0. The summed E-state index contributed by atoms with van der Waals surface area (Å²) in [7, 11) is 0. The van der Waals surface area contributed by atoms with Gasteiger partial charge < -0.3 is 0 Å². The molecule has 1 atom stereocenters. The van der Waals surface area contributed by atoms with E-state index >= 15 is 0 Å². The number of hydrogen-bond acceptors (Lipinski definition) is 2. The predicted molar refractivity (Wildman–Crippen MR) is 53.1 cm³/mol. The van der Waals surface area contributed by atoms with Gasteiger partial charge in [-0.1, -0.05) is 20.8 Å². The lowest BCUT2D eigenvalue weighted by atomic mass is 9.86. The quantitative estimate of drug-likeness (QED) is 0.632. The molecule has 0 aliphatic rings. The van der Waals surface area contributed by atoms with E-state index in [9.17, 15) is 4.79 Å². The van der Waals surface area contributed by atoms with Gasteiger partial charge in [0.05, 0.1) is 6.07 Å². The lowest BCUT2D eigenvalue weighted by Crippen LogP contribution is -2.22. The lowest BCUT2D eigenvalue weighted by molar-refractivity contribution is -0.127. The van der Waals surface area contributed by atoms with Crippen LogP contribution >= 0.6 is 0 Å². The molecule has 0 aliphatic heterocycles. The Morgan fingerprint density at radius 2 is 1.62 bits per heavy atom. The van der Waals surface area contributed by atoms with E-state index in [-0.39, 0.29) is 17.6 Å². The summed E-state index contributed by atoms with van der Waals surface area (Å²) in [5.74, 6) is 0.419. The van der Waals surface area contributed by atoms with Gasteiger partial charge in [0.1, 0.15) is 5.78 Å². The first-order valence-corrected chi connectivity index (χ1v) is 5.11. The summed E-state index contributed by atoms with van der Waals surface area (Å²) in [6, 6.07) is 2.08. The minimum Gasteiger partial charge on any atom is -0.299 e. The number of ketones is 1. The molecule has 0 aromatic rings. The summed E-state index contributed by atoms with van der Waals surface area (Å²) in [6.07, 6.45) is 2.98. The number of rotatable bonds is 6. The van der Waals surface area contributed by atoms with Gasteiger partial charge in [0.2, 0.25) is 0 Å². The Hall–Kier alpha value is -0.840. The van der Waals surface area contributed by atoms with Gasteiger partial charge in [-0.25, -0.2) is 0 Å². The Labute approximate surface area is 80.9 Å². The molecule has 13 heavy (non-hydrogen) atoms. The van der Waals surface area contributed by atoms with E-state index in [0.717, 1.165) is 19.3 Å². The smallest absolute Gasteiger partial charge is 0.140 e. The van der Waals surface area contributed by atoms with Gasteiger partial charge in [-0.3, -0.25) is 4.79 Å². The highest BCUT2D eigenvalue weighted by Crippen LogP contribution is 2.19. The Morgan fingerprint density at radius 3 is 1.92 bits per heavy atom. The summed E-state index contributed by atoms with van der Waals surface area (Å²) in [5, 5.41) is 8.54. The fourth-order valence-corrected chi connectivity index (χ4v) is 1.58. The van der Waals surface area contributed by atoms with E-state index in [1.807, 2.05) is 20.8 Å². The standard InChI is InChI=1S/C11H19NO/c1-4-9(5-2)11(13)10(6-3)7-8-12/h9-10H,4-7H2,1-3H3. The summed E-state index contributed by atoms with van der Waals surface area (Å²) in [5.41, 5.74) is 0. The van der Waals surface area contributed by atoms with Crippen LogP contribution in [0.5, 0.6) is 0 Å². The molecule has 0 aromatic heterocycles. The largest absolute Gasteiger partial charge is 0.299 e. The third kappa shape index (κ3) is 3.59. The van der Waals surface area contributed by atoms with Crippen molar-refractivity contribution in [3.63, 3.8) is 0 Å². The van der Waals surface area contributed by atoms with Crippen molar-refractivity contribution >= 4 is 5.78 Å². The van der Waals surface area contributed by atoms with Crippen LogP contribution in [0.3, 0.4) is 0 Å². The van der Waals surface area contributed by atoms with Crippen LogP contribution in [-0.2, 0) is 4.79 Å². The minimum atomic E-state index is -0.0325. The highest BCUT2D eigenvalue weighted by molar-refractivity contribution is 5.83. The van der Waals surface area contributed by atoms with E-state index in [1.54, 1.807) is 0 Å². The van der Waals surface area contributed by atoms with Crippen LogP contribution in [0.4, 0.5) is 0 Å². The van der Waals surface area contributed by atoms with Crippen LogP contribution in [0.15, 0.2) is 0 Å². The Balaban J connectivity index is 4.26. The molecule has 0 bridgehead atoms. The minimum absolute atomic E-state index is 0.0325. The molecule has 0 amide bonds. The van der Waals surface area contributed by atoms with E-state index in [0.29, 0.717) is 6.42 Å². The van der Waals surface area contributed by atoms with Crippen LogP contribution in [0.25, 0.3) is 0 Å². The summed E-state index contributed by atoms with van der Waals surface area (Å²) >= 11 is 0. The van der Waals surface area contributed by atoms with Crippen molar-refractivity contribution in [2.75, 3.05) is 0 Å². The molecule has 0 heterocycles. The van der Waals surface area contributed by atoms with E-state index < -0.39 is 0 Å². The number of carbonyl (C=O) groups is 1. The molecule has 1 unspecified atom stereocenters. The molecule has 2 nitrogen and oxygen atoms in total. The average Bonchev–Trinajstić information content (AvgIpc) is 2.15. The van der Waals surface area contributed by atoms with Crippen molar-refractivity contribution in [3.8, 4) is 6.07 Å². The molecule has 0 rings (SSSR count). The molecule has 0 fully saturated rings.